The van der Waals surface area contributed by atoms with Crippen LogP contribution in [0.2, 0.25) is 5.02 Å². The number of carbonyl (C=O) groups excluding carboxylic acids is 1. The topological polar surface area (TPSA) is 74.8 Å². The molecule has 6 heteroatoms. The van der Waals surface area contributed by atoms with E-state index in [2.05, 4.69) is 15.3 Å². The van der Waals surface area contributed by atoms with Gasteiger partial charge >= 0.3 is 0 Å². The second-order valence-electron chi connectivity index (χ2n) is 6.21. The van der Waals surface area contributed by atoms with E-state index in [9.17, 15) is 9.59 Å². The van der Waals surface area contributed by atoms with Crippen LogP contribution < -0.4 is 10.9 Å². The third kappa shape index (κ3) is 3.68. The van der Waals surface area contributed by atoms with Crippen molar-refractivity contribution in [3.63, 3.8) is 0 Å². The van der Waals surface area contributed by atoms with Crippen LogP contribution in [0.25, 0.3) is 11.4 Å². The van der Waals surface area contributed by atoms with E-state index in [0.29, 0.717) is 22.1 Å². The molecule has 1 aromatic heterocycles. The summed E-state index contributed by atoms with van der Waals surface area (Å²) in [6, 6.07) is 10.9. The molecule has 0 spiro atoms. The van der Waals surface area contributed by atoms with Gasteiger partial charge in [0.05, 0.1) is 0 Å². The number of aromatic amines is 1. The maximum absolute atomic E-state index is 12.5. The third-order valence-corrected chi connectivity index (χ3v) is 4.33. The summed E-state index contributed by atoms with van der Waals surface area (Å²) in [5, 5.41) is 3.41. The number of carbonyl (C=O) groups is 1. The van der Waals surface area contributed by atoms with Gasteiger partial charge in [0, 0.05) is 22.5 Å². The van der Waals surface area contributed by atoms with Crippen molar-refractivity contribution in [1.29, 1.82) is 0 Å². The van der Waals surface area contributed by atoms with Gasteiger partial charge in [-0.15, -0.1) is 0 Å². The second kappa shape index (κ2) is 7.14. The summed E-state index contributed by atoms with van der Waals surface area (Å²) >= 11 is 5.86. The normalized spacial score (nSPS) is 10.6. The Hall–Kier alpha value is -2.92. The summed E-state index contributed by atoms with van der Waals surface area (Å²) in [5.74, 6) is -0.109. The van der Waals surface area contributed by atoms with Gasteiger partial charge in [0.25, 0.3) is 11.5 Å². The lowest BCUT2D eigenvalue weighted by Crippen LogP contribution is -2.24. The van der Waals surface area contributed by atoms with Gasteiger partial charge in [0.15, 0.2) is 0 Å². The zero-order valence-electron chi connectivity index (χ0n) is 14.7. The molecule has 3 rings (SSSR count). The van der Waals surface area contributed by atoms with E-state index in [1.807, 2.05) is 32.9 Å². The van der Waals surface area contributed by atoms with Gasteiger partial charge < -0.3 is 10.3 Å². The SMILES string of the molecule is Cc1cc(C)c(NC(=O)c2cnc(-c3ccc(Cl)cc3)[nH]c2=O)c(C)c1. The van der Waals surface area contributed by atoms with Crippen LogP contribution in [-0.2, 0) is 0 Å². The van der Waals surface area contributed by atoms with Crippen LogP contribution in [0.5, 0.6) is 0 Å². The Morgan fingerprint density at radius 1 is 1.08 bits per heavy atom. The molecule has 0 saturated heterocycles. The van der Waals surface area contributed by atoms with Crippen LogP contribution in [-0.4, -0.2) is 15.9 Å². The Kier molecular flexibility index (Phi) is 4.91. The van der Waals surface area contributed by atoms with E-state index in [1.165, 1.54) is 6.20 Å². The van der Waals surface area contributed by atoms with Crippen molar-refractivity contribution in [3.05, 3.63) is 80.2 Å². The molecule has 0 unspecified atom stereocenters. The largest absolute Gasteiger partial charge is 0.321 e. The molecular weight excluding hydrogens is 350 g/mol. The number of hydrogen-bond acceptors (Lipinski definition) is 3. The molecule has 1 amide bonds. The second-order valence-corrected chi connectivity index (χ2v) is 6.65. The van der Waals surface area contributed by atoms with Gasteiger partial charge in [-0.1, -0.05) is 29.3 Å². The fourth-order valence-corrected chi connectivity index (χ4v) is 3.00. The zero-order valence-corrected chi connectivity index (χ0v) is 15.4. The fourth-order valence-electron chi connectivity index (χ4n) is 2.87. The van der Waals surface area contributed by atoms with Crippen molar-refractivity contribution in [3.8, 4) is 11.4 Å². The Morgan fingerprint density at radius 2 is 1.69 bits per heavy atom. The summed E-state index contributed by atoms with van der Waals surface area (Å²) < 4.78 is 0. The van der Waals surface area contributed by atoms with E-state index >= 15 is 0 Å². The van der Waals surface area contributed by atoms with Crippen LogP contribution in [0.3, 0.4) is 0 Å². The first-order chi connectivity index (χ1) is 12.3. The van der Waals surface area contributed by atoms with Crippen molar-refractivity contribution >= 4 is 23.2 Å². The highest BCUT2D eigenvalue weighted by Gasteiger charge is 2.15. The number of nitrogens with one attached hydrogen (secondary N) is 2. The molecule has 0 aliphatic heterocycles. The van der Waals surface area contributed by atoms with Crippen LogP contribution in [0.15, 0.2) is 47.4 Å². The molecule has 0 aliphatic rings. The van der Waals surface area contributed by atoms with Crippen LogP contribution in [0, 0.1) is 20.8 Å². The van der Waals surface area contributed by atoms with Gasteiger partial charge in [0.2, 0.25) is 0 Å². The summed E-state index contributed by atoms with van der Waals surface area (Å²) in [6.45, 7) is 5.83. The molecule has 0 bridgehead atoms. The minimum Gasteiger partial charge on any atom is -0.321 e. The highest BCUT2D eigenvalue weighted by atomic mass is 35.5. The highest BCUT2D eigenvalue weighted by molar-refractivity contribution is 6.30. The number of benzene rings is 2. The zero-order chi connectivity index (χ0) is 18.8. The lowest BCUT2D eigenvalue weighted by molar-refractivity contribution is 0.102. The van der Waals surface area contributed by atoms with Crippen molar-refractivity contribution in [2.75, 3.05) is 5.32 Å². The molecule has 1 heterocycles. The van der Waals surface area contributed by atoms with Crippen molar-refractivity contribution in [2.24, 2.45) is 0 Å². The highest BCUT2D eigenvalue weighted by Crippen LogP contribution is 2.22. The number of aryl methyl sites for hydroxylation is 3. The average molecular weight is 368 g/mol. The van der Waals surface area contributed by atoms with Crippen molar-refractivity contribution in [2.45, 2.75) is 20.8 Å². The van der Waals surface area contributed by atoms with E-state index in [4.69, 9.17) is 11.6 Å². The molecule has 0 atom stereocenters. The Labute approximate surface area is 156 Å². The Balaban J connectivity index is 1.89. The quantitative estimate of drug-likeness (QED) is 0.726. The number of anilines is 1. The summed E-state index contributed by atoms with van der Waals surface area (Å²) in [7, 11) is 0. The van der Waals surface area contributed by atoms with E-state index in [-0.39, 0.29) is 5.56 Å². The Bertz CT molecular complexity index is 1020. The van der Waals surface area contributed by atoms with Crippen LogP contribution >= 0.6 is 11.6 Å². The molecule has 0 fully saturated rings. The van der Waals surface area contributed by atoms with Gasteiger partial charge in [-0.05, 0) is 56.2 Å². The molecule has 3 aromatic rings. The number of rotatable bonds is 3. The van der Waals surface area contributed by atoms with E-state index in [1.54, 1.807) is 24.3 Å². The molecule has 2 aromatic carbocycles. The molecule has 0 radical (unpaired) electrons. The minimum absolute atomic E-state index is 0.0397. The molecule has 5 nitrogen and oxygen atoms in total. The van der Waals surface area contributed by atoms with Crippen molar-refractivity contribution < 1.29 is 4.79 Å². The predicted molar refractivity (Wildman–Crippen MR) is 104 cm³/mol. The number of nitrogens with zero attached hydrogens (tertiary/aromatic N) is 1. The maximum atomic E-state index is 12.5. The van der Waals surface area contributed by atoms with Gasteiger partial charge in [0.1, 0.15) is 11.4 Å². The lowest BCUT2D eigenvalue weighted by atomic mass is 10.0. The molecule has 0 aliphatic carbocycles. The molecule has 26 heavy (non-hydrogen) atoms. The van der Waals surface area contributed by atoms with Gasteiger partial charge in [-0.2, -0.15) is 0 Å². The summed E-state index contributed by atoms with van der Waals surface area (Å²) in [5.41, 5.74) is 3.89. The van der Waals surface area contributed by atoms with Crippen LogP contribution in [0.1, 0.15) is 27.0 Å². The summed E-state index contributed by atoms with van der Waals surface area (Å²) in [6.07, 6.45) is 1.29. The first-order valence-electron chi connectivity index (χ1n) is 8.09. The molecule has 132 valence electrons. The molecule has 2 N–H and O–H groups in total. The third-order valence-electron chi connectivity index (χ3n) is 4.08. The van der Waals surface area contributed by atoms with E-state index < -0.39 is 11.5 Å². The number of hydrogen-bond donors (Lipinski definition) is 2. The molecule has 0 saturated carbocycles. The Morgan fingerprint density at radius 3 is 2.27 bits per heavy atom. The number of amides is 1. The first-order valence-corrected chi connectivity index (χ1v) is 8.47. The summed E-state index contributed by atoms with van der Waals surface area (Å²) in [4.78, 5) is 31.7. The number of aromatic nitrogens is 2. The fraction of sp³-hybridized carbons (Fsp3) is 0.150. The number of H-pyrrole nitrogens is 1. The van der Waals surface area contributed by atoms with E-state index in [0.717, 1.165) is 16.7 Å². The number of halogens is 1. The van der Waals surface area contributed by atoms with Gasteiger partial charge in [-0.3, -0.25) is 9.59 Å². The monoisotopic (exact) mass is 367 g/mol. The maximum Gasteiger partial charge on any atom is 0.264 e. The van der Waals surface area contributed by atoms with Gasteiger partial charge in [-0.25, -0.2) is 4.98 Å². The predicted octanol–water partition coefficient (Wildman–Crippen LogP) is 4.27. The lowest BCUT2D eigenvalue weighted by Gasteiger charge is -2.12. The molecular formula is C20H18ClN3O2. The average Bonchev–Trinajstić information content (AvgIpc) is 2.58. The first kappa shape index (κ1) is 17.9. The van der Waals surface area contributed by atoms with Crippen LogP contribution in [0.4, 0.5) is 5.69 Å². The smallest absolute Gasteiger partial charge is 0.264 e. The standard InChI is InChI=1S/C20H18ClN3O2/c1-11-8-12(2)17(13(3)9-11)23-19(25)16-10-22-18(24-20(16)26)14-4-6-15(21)7-5-14/h4-10H,1-3H3,(H,23,25)(H,22,24,26). The van der Waals surface area contributed by atoms with Crippen molar-refractivity contribution in [1.82, 2.24) is 9.97 Å². The minimum atomic E-state index is -0.495.